The molecule has 0 spiro atoms. The molecule has 1 aromatic carbocycles. The van der Waals surface area contributed by atoms with Crippen molar-refractivity contribution in [3.8, 4) is 0 Å². The molecule has 1 saturated carbocycles. The molecule has 3 aliphatic rings. The predicted molar refractivity (Wildman–Crippen MR) is 138 cm³/mol. The summed E-state index contributed by atoms with van der Waals surface area (Å²) in [5.74, 6) is 0.224. The Morgan fingerprint density at radius 1 is 1.28 bits per heavy atom. The summed E-state index contributed by atoms with van der Waals surface area (Å²) in [6.45, 7) is 3.14. The first kappa shape index (κ1) is 23.8. The minimum absolute atomic E-state index is 0.271. The smallest absolute Gasteiger partial charge is 0.214 e. The predicted octanol–water partition coefficient (Wildman–Crippen LogP) is 4.22. The molecular formula is C24H24ClFN6O2S2. The third kappa shape index (κ3) is 4.27. The first-order chi connectivity index (χ1) is 17.3. The van der Waals surface area contributed by atoms with Crippen LogP contribution in [0, 0.1) is 5.82 Å². The number of amidine groups is 1. The van der Waals surface area contributed by atoms with Crippen molar-refractivity contribution in [3.05, 3.63) is 74.8 Å². The number of benzene rings is 1. The molecule has 2 atom stereocenters. The summed E-state index contributed by atoms with van der Waals surface area (Å²) in [6, 6.07) is 5.38. The van der Waals surface area contributed by atoms with Crippen molar-refractivity contribution in [3.63, 3.8) is 0 Å². The van der Waals surface area contributed by atoms with E-state index in [1.165, 1.54) is 23.5 Å². The number of aliphatic imine (C=N–C) groups is 1. The Bertz CT molecular complexity index is 1480. The average Bonchev–Trinajstić information content (AvgIpc) is 3.21. The van der Waals surface area contributed by atoms with E-state index in [0.29, 0.717) is 43.8 Å². The summed E-state index contributed by atoms with van der Waals surface area (Å²) in [5, 5.41) is 7.32. The zero-order chi connectivity index (χ0) is 25.0. The van der Waals surface area contributed by atoms with E-state index in [-0.39, 0.29) is 16.3 Å². The number of nitrogens with one attached hydrogen (secondary N) is 1. The zero-order valence-corrected chi connectivity index (χ0v) is 21.8. The highest BCUT2D eigenvalue weighted by Crippen LogP contribution is 2.46. The lowest BCUT2D eigenvalue weighted by Gasteiger charge is -2.32. The lowest BCUT2D eigenvalue weighted by atomic mass is 9.92. The maximum absolute atomic E-state index is 13.9. The molecule has 4 heterocycles. The van der Waals surface area contributed by atoms with Crippen LogP contribution in [0.1, 0.15) is 48.5 Å². The van der Waals surface area contributed by atoms with Crippen LogP contribution in [0.2, 0.25) is 5.02 Å². The molecule has 2 aliphatic heterocycles. The molecule has 1 aliphatic carbocycles. The molecule has 0 bridgehead atoms. The number of nitrogens with zero attached hydrogens (tertiary/aromatic N) is 5. The van der Waals surface area contributed by atoms with E-state index in [9.17, 15) is 12.8 Å². The number of aromatic nitrogens is 3. The van der Waals surface area contributed by atoms with Crippen molar-refractivity contribution in [1.29, 1.82) is 0 Å². The number of sulfonamides is 1. The van der Waals surface area contributed by atoms with Crippen molar-refractivity contribution < 1.29 is 12.8 Å². The van der Waals surface area contributed by atoms with E-state index < -0.39 is 21.9 Å². The third-order valence-corrected chi connectivity index (χ3v) is 9.78. The second kappa shape index (κ2) is 9.05. The van der Waals surface area contributed by atoms with Gasteiger partial charge >= 0.3 is 0 Å². The van der Waals surface area contributed by atoms with E-state index in [4.69, 9.17) is 21.7 Å². The molecule has 36 heavy (non-hydrogen) atoms. The summed E-state index contributed by atoms with van der Waals surface area (Å²) in [5.41, 5.74) is 3.15. The van der Waals surface area contributed by atoms with Crippen LogP contribution < -0.4 is 4.72 Å². The molecule has 1 saturated heterocycles. The van der Waals surface area contributed by atoms with Gasteiger partial charge in [0.25, 0.3) is 0 Å². The molecule has 6 rings (SSSR count). The Morgan fingerprint density at radius 3 is 2.78 bits per heavy atom. The fourth-order valence-electron chi connectivity index (χ4n) is 4.83. The van der Waals surface area contributed by atoms with E-state index in [2.05, 4.69) is 9.71 Å². The highest BCUT2D eigenvalue weighted by Gasteiger charge is 2.44. The number of hydrogen-bond acceptors (Lipinski definition) is 7. The molecule has 0 amide bonds. The fourth-order valence-corrected chi connectivity index (χ4v) is 7.31. The van der Waals surface area contributed by atoms with Crippen molar-refractivity contribution >= 4 is 44.4 Å². The van der Waals surface area contributed by atoms with Gasteiger partial charge in [0.1, 0.15) is 11.9 Å². The van der Waals surface area contributed by atoms with Gasteiger partial charge in [-0.15, -0.1) is 11.3 Å². The Labute approximate surface area is 217 Å². The minimum atomic E-state index is -3.38. The Morgan fingerprint density at radius 2 is 2.11 bits per heavy atom. The molecule has 1 N–H and O–H groups in total. The van der Waals surface area contributed by atoms with E-state index in [1.807, 2.05) is 34.1 Å². The van der Waals surface area contributed by atoms with Gasteiger partial charge in [-0.3, -0.25) is 9.67 Å². The van der Waals surface area contributed by atoms with Crippen molar-refractivity contribution in [2.75, 3.05) is 6.54 Å². The second-order valence-corrected chi connectivity index (χ2v) is 12.4. The first-order valence-corrected chi connectivity index (χ1v) is 14.6. The normalized spacial score (nSPS) is 22.2. The third-order valence-electron chi connectivity index (χ3n) is 6.68. The van der Waals surface area contributed by atoms with Gasteiger partial charge in [0.2, 0.25) is 10.0 Å². The van der Waals surface area contributed by atoms with Gasteiger partial charge in [0.05, 0.1) is 10.9 Å². The van der Waals surface area contributed by atoms with Gasteiger partial charge in [-0.25, -0.2) is 22.5 Å². The summed E-state index contributed by atoms with van der Waals surface area (Å²) in [4.78, 5) is 11.6. The number of thiazole rings is 1. The molecule has 2 aromatic heterocycles. The number of rotatable bonds is 7. The summed E-state index contributed by atoms with van der Waals surface area (Å²) in [7, 11) is -3.38. The molecule has 8 nitrogen and oxygen atoms in total. The van der Waals surface area contributed by atoms with Gasteiger partial charge in [-0.2, -0.15) is 5.10 Å². The monoisotopic (exact) mass is 546 g/mol. The van der Waals surface area contributed by atoms with Crippen molar-refractivity contribution in [2.45, 2.75) is 50.1 Å². The highest BCUT2D eigenvalue weighted by atomic mass is 35.5. The molecule has 2 fully saturated rings. The second-order valence-electron chi connectivity index (χ2n) is 9.15. The maximum Gasteiger partial charge on any atom is 0.214 e. The van der Waals surface area contributed by atoms with Crippen LogP contribution in [0.25, 0.3) is 5.57 Å². The Hall–Kier alpha value is -2.60. The van der Waals surface area contributed by atoms with Crippen LogP contribution in [0.15, 0.2) is 52.7 Å². The molecule has 0 unspecified atom stereocenters. The molecule has 0 radical (unpaired) electrons. The first-order valence-electron chi connectivity index (χ1n) is 11.8. The number of halogens is 2. The van der Waals surface area contributed by atoms with Crippen molar-refractivity contribution in [2.24, 2.45) is 4.99 Å². The molecule has 188 valence electrons. The number of fused-ring (bicyclic) bond motifs is 1. The average molecular weight is 547 g/mol. The van der Waals surface area contributed by atoms with Crippen LogP contribution in [0.3, 0.4) is 0 Å². The van der Waals surface area contributed by atoms with Crippen LogP contribution in [-0.2, 0) is 16.6 Å². The largest absolute Gasteiger partial charge is 0.326 e. The van der Waals surface area contributed by atoms with E-state index >= 15 is 0 Å². The fraction of sp³-hybridized carbons (Fsp3) is 0.375. The van der Waals surface area contributed by atoms with Gasteiger partial charge in [-0.1, -0.05) is 17.7 Å². The van der Waals surface area contributed by atoms with E-state index in [1.54, 1.807) is 12.3 Å². The quantitative estimate of drug-likeness (QED) is 0.479. The van der Waals surface area contributed by atoms with Gasteiger partial charge in [-0.05, 0) is 38.0 Å². The van der Waals surface area contributed by atoms with Crippen LogP contribution >= 0.6 is 22.9 Å². The lowest BCUT2D eigenvalue weighted by molar-refractivity contribution is 0.517. The maximum atomic E-state index is 13.9. The number of hydrogen-bond donors (Lipinski definition) is 1. The van der Waals surface area contributed by atoms with Crippen LogP contribution in [0.5, 0.6) is 0 Å². The Kier molecular flexibility index (Phi) is 5.98. The van der Waals surface area contributed by atoms with Gasteiger partial charge < -0.3 is 4.90 Å². The summed E-state index contributed by atoms with van der Waals surface area (Å²) in [6.07, 6.45) is 5.49. The minimum Gasteiger partial charge on any atom is -0.326 e. The summed E-state index contributed by atoms with van der Waals surface area (Å²) < 4.78 is 44.2. The SMILES string of the molecule is CCn1ccc(C2=C3C[C@H](NS(=O)(=O)C4CC4)CN3C(c3nccs3)=N[C@H]2c2ccc(F)cc2Cl)n1. The molecular weight excluding hydrogens is 523 g/mol. The lowest BCUT2D eigenvalue weighted by Crippen LogP contribution is -2.40. The van der Waals surface area contributed by atoms with Gasteiger partial charge in [0.15, 0.2) is 10.8 Å². The number of aryl methyl sites for hydroxylation is 1. The van der Waals surface area contributed by atoms with Gasteiger partial charge in [0, 0.05) is 65.2 Å². The molecule has 12 heteroatoms. The van der Waals surface area contributed by atoms with Crippen LogP contribution in [0.4, 0.5) is 4.39 Å². The zero-order valence-electron chi connectivity index (χ0n) is 19.4. The van der Waals surface area contributed by atoms with Crippen LogP contribution in [-0.4, -0.2) is 51.8 Å². The standard InChI is InChI=1S/C24H24ClFN6O2S2/c1-2-31-9-7-19(29-31)21-20-12-15(30-36(33,34)16-4-5-16)13-32(20)23(24-27-8-10-35-24)28-22(21)17-6-3-14(26)11-18(17)25/h3,6-11,15-16,22,30H,2,4-5,12-13H2,1H3/t15-,22-/m0/s1. The van der Waals surface area contributed by atoms with E-state index in [0.717, 1.165) is 22.0 Å². The topological polar surface area (TPSA) is 92.5 Å². The Balaban J connectivity index is 1.51. The summed E-state index contributed by atoms with van der Waals surface area (Å²) >= 11 is 8.00. The molecule has 3 aromatic rings. The highest BCUT2D eigenvalue weighted by molar-refractivity contribution is 7.90. The van der Waals surface area contributed by atoms with Crippen molar-refractivity contribution in [1.82, 2.24) is 24.4 Å².